The average molecular weight is 247 g/mol. The first kappa shape index (κ1) is 10.8. The molecule has 74 valence electrons. The van der Waals surface area contributed by atoms with Crippen LogP contribution in [0.4, 0.5) is 0 Å². The van der Waals surface area contributed by atoms with Gasteiger partial charge in [-0.15, -0.1) is 0 Å². The van der Waals surface area contributed by atoms with E-state index >= 15 is 0 Å². The highest BCUT2D eigenvalue weighted by Crippen LogP contribution is 2.28. The van der Waals surface area contributed by atoms with Gasteiger partial charge in [0.05, 0.1) is 6.10 Å². The highest BCUT2D eigenvalue weighted by atomic mass is 79.9. The molecule has 0 aliphatic heterocycles. The molecule has 1 aromatic rings. The van der Waals surface area contributed by atoms with Crippen LogP contribution in [0.5, 0.6) is 0 Å². The van der Waals surface area contributed by atoms with Crippen molar-refractivity contribution in [2.24, 2.45) is 5.92 Å². The van der Waals surface area contributed by atoms with Crippen LogP contribution in [0.3, 0.4) is 0 Å². The lowest BCUT2D eigenvalue weighted by molar-refractivity contribution is 0.149. The topological polar surface area (TPSA) is 33.4 Å². The summed E-state index contributed by atoms with van der Waals surface area (Å²) in [5.74, 6) is 1.28. The molecule has 0 saturated heterocycles. The smallest absolute Gasteiger partial charge is 0.169 e. The Morgan fingerprint density at radius 1 is 1.54 bits per heavy atom. The SMILES string of the molecule is Cc1oc(Br)cc1C(O)CC(C)C. The molecule has 1 heterocycles. The van der Waals surface area contributed by atoms with Crippen LogP contribution in [0.25, 0.3) is 0 Å². The second-order valence-electron chi connectivity index (χ2n) is 3.71. The van der Waals surface area contributed by atoms with Crippen LogP contribution < -0.4 is 0 Å². The standard InChI is InChI=1S/C10H15BrO2/c1-6(2)4-9(12)8-5-10(11)13-7(8)3/h5-6,9,12H,4H2,1-3H3. The van der Waals surface area contributed by atoms with E-state index in [9.17, 15) is 5.11 Å². The van der Waals surface area contributed by atoms with Crippen LogP contribution in [0, 0.1) is 12.8 Å². The number of halogens is 1. The van der Waals surface area contributed by atoms with E-state index in [1.54, 1.807) is 0 Å². The molecular weight excluding hydrogens is 232 g/mol. The summed E-state index contributed by atoms with van der Waals surface area (Å²) in [7, 11) is 0. The van der Waals surface area contributed by atoms with Crippen molar-refractivity contribution in [3.05, 3.63) is 22.1 Å². The van der Waals surface area contributed by atoms with E-state index < -0.39 is 6.10 Å². The molecule has 0 aromatic carbocycles. The van der Waals surface area contributed by atoms with Crippen LogP contribution in [0.2, 0.25) is 0 Å². The number of aliphatic hydroxyl groups is 1. The molecule has 0 aliphatic rings. The van der Waals surface area contributed by atoms with E-state index in [0.717, 1.165) is 17.7 Å². The van der Waals surface area contributed by atoms with Gasteiger partial charge in [-0.25, -0.2) is 0 Å². The lowest BCUT2D eigenvalue weighted by atomic mass is 10.0. The van der Waals surface area contributed by atoms with Gasteiger partial charge in [-0.05, 0) is 41.3 Å². The molecule has 13 heavy (non-hydrogen) atoms. The van der Waals surface area contributed by atoms with Crippen molar-refractivity contribution >= 4 is 15.9 Å². The Hall–Kier alpha value is -0.280. The molecule has 2 nitrogen and oxygen atoms in total. The molecule has 1 unspecified atom stereocenters. The minimum Gasteiger partial charge on any atom is -0.454 e. The molecule has 0 radical (unpaired) electrons. The van der Waals surface area contributed by atoms with Crippen molar-refractivity contribution in [3.63, 3.8) is 0 Å². The Morgan fingerprint density at radius 3 is 2.54 bits per heavy atom. The van der Waals surface area contributed by atoms with E-state index in [-0.39, 0.29) is 0 Å². The fourth-order valence-electron chi connectivity index (χ4n) is 1.36. The first-order valence-corrected chi connectivity index (χ1v) is 5.24. The van der Waals surface area contributed by atoms with Crippen molar-refractivity contribution in [1.29, 1.82) is 0 Å². The fraction of sp³-hybridized carbons (Fsp3) is 0.600. The second-order valence-corrected chi connectivity index (χ2v) is 4.49. The van der Waals surface area contributed by atoms with Crippen LogP contribution >= 0.6 is 15.9 Å². The number of aliphatic hydroxyl groups excluding tert-OH is 1. The molecule has 1 N–H and O–H groups in total. The summed E-state index contributed by atoms with van der Waals surface area (Å²) in [6, 6.07) is 1.84. The second kappa shape index (κ2) is 4.29. The van der Waals surface area contributed by atoms with E-state index in [1.807, 2.05) is 13.0 Å². The van der Waals surface area contributed by atoms with Crippen LogP contribution in [0.1, 0.15) is 37.7 Å². The minimum atomic E-state index is -0.407. The largest absolute Gasteiger partial charge is 0.454 e. The summed E-state index contributed by atoms with van der Waals surface area (Å²) in [6.07, 6.45) is 0.363. The van der Waals surface area contributed by atoms with Gasteiger partial charge in [-0.3, -0.25) is 0 Å². The van der Waals surface area contributed by atoms with Gasteiger partial charge in [0.1, 0.15) is 5.76 Å². The Balaban J connectivity index is 2.76. The third kappa shape index (κ3) is 2.85. The van der Waals surface area contributed by atoms with Crippen molar-refractivity contribution in [2.75, 3.05) is 0 Å². The van der Waals surface area contributed by atoms with Crippen molar-refractivity contribution in [1.82, 2.24) is 0 Å². The molecule has 0 bridgehead atoms. The van der Waals surface area contributed by atoms with Gasteiger partial charge in [0.2, 0.25) is 0 Å². The normalized spacial score (nSPS) is 13.7. The zero-order valence-electron chi connectivity index (χ0n) is 8.17. The predicted molar refractivity (Wildman–Crippen MR) is 55.6 cm³/mol. The highest BCUT2D eigenvalue weighted by Gasteiger charge is 2.15. The van der Waals surface area contributed by atoms with Crippen molar-refractivity contribution in [2.45, 2.75) is 33.3 Å². The van der Waals surface area contributed by atoms with E-state index in [2.05, 4.69) is 29.8 Å². The zero-order valence-corrected chi connectivity index (χ0v) is 9.76. The number of rotatable bonds is 3. The monoisotopic (exact) mass is 246 g/mol. The number of hydrogen-bond acceptors (Lipinski definition) is 2. The molecule has 0 spiro atoms. The van der Waals surface area contributed by atoms with Crippen LogP contribution in [-0.2, 0) is 0 Å². The molecule has 1 aromatic heterocycles. The maximum atomic E-state index is 9.80. The van der Waals surface area contributed by atoms with Crippen molar-refractivity contribution < 1.29 is 9.52 Å². The highest BCUT2D eigenvalue weighted by molar-refractivity contribution is 9.10. The van der Waals surface area contributed by atoms with Gasteiger partial charge in [0.15, 0.2) is 4.67 Å². The number of hydrogen-bond donors (Lipinski definition) is 1. The fourth-order valence-corrected chi connectivity index (χ4v) is 1.85. The Bertz CT molecular complexity index is 278. The first-order valence-electron chi connectivity index (χ1n) is 4.44. The number of furan rings is 1. The van der Waals surface area contributed by atoms with Gasteiger partial charge < -0.3 is 9.52 Å². The maximum Gasteiger partial charge on any atom is 0.169 e. The van der Waals surface area contributed by atoms with Gasteiger partial charge in [-0.2, -0.15) is 0 Å². The quantitative estimate of drug-likeness (QED) is 0.887. The summed E-state index contributed by atoms with van der Waals surface area (Å²) in [5.41, 5.74) is 0.889. The van der Waals surface area contributed by atoms with Gasteiger partial charge in [0, 0.05) is 5.56 Å². The summed E-state index contributed by atoms with van der Waals surface area (Å²) in [5, 5.41) is 9.80. The first-order chi connectivity index (χ1) is 6.00. The molecule has 0 fully saturated rings. The summed E-state index contributed by atoms with van der Waals surface area (Å²) in [4.78, 5) is 0. The van der Waals surface area contributed by atoms with Gasteiger partial charge >= 0.3 is 0 Å². The molecule has 0 saturated carbocycles. The molecule has 0 amide bonds. The van der Waals surface area contributed by atoms with E-state index in [1.165, 1.54) is 0 Å². The lowest BCUT2D eigenvalue weighted by Gasteiger charge is -2.11. The molecule has 0 aliphatic carbocycles. The van der Waals surface area contributed by atoms with Crippen molar-refractivity contribution in [3.8, 4) is 0 Å². The van der Waals surface area contributed by atoms with Gasteiger partial charge in [-0.1, -0.05) is 13.8 Å². The molecule has 1 atom stereocenters. The van der Waals surface area contributed by atoms with E-state index in [0.29, 0.717) is 10.6 Å². The third-order valence-electron chi connectivity index (χ3n) is 1.98. The summed E-state index contributed by atoms with van der Waals surface area (Å²) >= 11 is 3.24. The molecule has 1 rings (SSSR count). The maximum absolute atomic E-state index is 9.80. The molecular formula is C10H15BrO2. The Kier molecular flexibility index (Phi) is 3.56. The van der Waals surface area contributed by atoms with Crippen LogP contribution in [-0.4, -0.2) is 5.11 Å². The Labute approximate surface area is 87.1 Å². The Morgan fingerprint density at radius 2 is 2.15 bits per heavy atom. The van der Waals surface area contributed by atoms with Gasteiger partial charge in [0.25, 0.3) is 0 Å². The zero-order chi connectivity index (χ0) is 10.0. The molecule has 3 heteroatoms. The lowest BCUT2D eigenvalue weighted by Crippen LogP contribution is -2.01. The third-order valence-corrected chi connectivity index (χ3v) is 2.37. The summed E-state index contributed by atoms with van der Waals surface area (Å²) in [6.45, 7) is 6.05. The number of aryl methyl sites for hydroxylation is 1. The average Bonchev–Trinajstić information content (AvgIpc) is 2.28. The minimum absolute atomic E-state index is 0.407. The van der Waals surface area contributed by atoms with Crippen LogP contribution in [0.15, 0.2) is 15.2 Å². The van der Waals surface area contributed by atoms with E-state index in [4.69, 9.17) is 4.42 Å². The summed E-state index contributed by atoms with van der Waals surface area (Å²) < 4.78 is 5.96. The predicted octanol–water partition coefficient (Wildman–Crippen LogP) is 3.43.